The van der Waals surface area contributed by atoms with Gasteiger partial charge in [-0.1, -0.05) is 41.5 Å². The van der Waals surface area contributed by atoms with Crippen molar-refractivity contribution in [1.29, 1.82) is 0 Å². The van der Waals surface area contributed by atoms with Gasteiger partial charge in [0.1, 0.15) is 0 Å². The van der Waals surface area contributed by atoms with Crippen molar-refractivity contribution in [2.75, 3.05) is 0 Å². The van der Waals surface area contributed by atoms with Crippen molar-refractivity contribution in [1.82, 2.24) is 0 Å². The number of rotatable bonds is 4. The van der Waals surface area contributed by atoms with Crippen molar-refractivity contribution >= 4 is 10.1 Å². The van der Waals surface area contributed by atoms with E-state index in [9.17, 15) is 13.0 Å². The fourth-order valence-corrected chi connectivity index (χ4v) is 5.40. The van der Waals surface area contributed by atoms with Crippen LogP contribution in [0.2, 0.25) is 0 Å². The van der Waals surface area contributed by atoms with E-state index in [1.807, 2.05) is 0 Å². The van der Waals surface area contributed by atoms with E-state index in [0.29, 0.717) is 11.8 Å². The van der Waals surface area contributed by atoms with Gasteiger partial charge >= 0.3 is 0 Å². The molecule has 1 saturated carbocycles. The topological polar surface area (TPSA) is 54.4 Å². The van der Waals surface area contributed by atoms with Crippen LogP contribution in [0, 0.1) is 35.5 Å². The zero-order chi connectivity index (χ0) is 15.0. The van der Waals surface area contributed by atoms with E-state index >= 15 is 0 Å². The summed E-state index contributed by atoms with van der Waals surface area (Å²) >= 11 is 0. The molecule has 0 amide bonds. The van der Waals surface area contributed by atoms with E-state index in [2.05, 4.69) is 41.5 Å². The molecule has 1 aliphatic carbocycles. The van der Waals surface area contributed by atoms with Crippen molar-refractivity contribution in [3.63, 3.8) is 0 Å². The second-order valence-electron chi connectivity index (χ2n) is 7.27. The van der Waals surface area contributed by atoms with Gasteiger partial charge in [0, 0.05) is 0 Å². The molecule has 3 unspecified atom stereocenters. The van der Waals surface area contributed by atoms with Gasteiger partial charge in [-0.3, -0.25) is 4.55 Å². The lowest BCUT2D eigenvalue weighted by molar-refractivity contribution is 0.102. The third-order valence-corrected chi connectivity index (χ3v) is 6.38. The first-order chi connectivity index (χ1) is 8.55. The van der Waals surface area contributed by atoms with Crippen LogP contribution in [-0.2, 0) is 10.1 Å². The zero-order valence-corrected chi connectivity index (χ0v) is 13.9. The van der Waals surface area contributed by atoms with E-state index in [1.165, 1.54) is 0 Å². The van der Waals surface area contributed by atoms with Crippen LogP contribution in [0.5, 0.6) is 0 Å². The Labute approximate surface area is 118 Å². The highest BCUT2D eigenvalue weighted by Crippen LogP contribution is 2.45. The molecule has 1 fully saturated rings. The summed E-state index contributed by atoms with van der Waals surface area (Å²) in [6, 6.07) is 0. The Morgan fingerprint density at radius 2 is 1.21 bits per heavy atom. The average Bonchev–Trinajstić information content (AvgIpc) is 2.25. The van der Waals surface area contributed by atoms with Crippen LogP contribution in [0.25, 0.3) is 0 Å². The third kappa shape index (κ3) is 3.94. The summed E-state index contributed by atoms with van der Waals surface area (Å²) in [6.07, 6.45) is 1.84. The fraction of sp³-hybridized carbons (Fsp3) is 1.00. The molecule has 0 aromatic rings. The highest BCUT2D eigenvalue weighted by molar-refractivity contribution is 7.86. The van der Waals surface area contributed by atoms with Crippen molar-refractivity contribution in [2.24, 2.45) is 35.5 Å². The predicted octanol–water partition coefficient (Wildman–Crippen LogP) is 3.85. The first-order valence-electron chi connectivity index (χ1n) is 7.52. The van der Waals surface area contributed by atoms with Gasteiger partial charge < -0.3 is 0 Å². The molecule has 4 heteroatoms. The summed E-state index contributed by atoms with van der Waals surface area (Å²) in [5.41, 5.74) is 0. The minimum absolute atomic E-state index is 0.0727. The molecular formula is C15H30O3S. The Kier molecular flexibility index (Phi) is 5.47. The van der Waals surface area contributed by atoms with Gasteiger partial charge in [-0.15, -0.1) is 0 Å². The molecule has 0 spiro atoms. The molecule has 0 aromatic carbocycles. The average molecular weight is 290 g/mol. The molecule has 19 heavy (non-hydrogen) atoms. The maximum Gasteiger partial charge on any atom is 0.268 e. The molecule has 4 atom stereocenters. The van der Waals surface area contributed by atoms with Crippen molar-refractivity contribution in [2.45, 2.75) is 59.6 Å². The molecule has 0 heterocycles. The Morgan fingerprint density at radius 1 is 0.842 bits per heavy atom. The van der Waals surface area contributed by atoms with Gasteiger partial charge in [0.05, 0.1) is 5.25 Å². The molecule has 1 rings (SSSR count). The molecule has 1 aliphatic rings. The fourth-order valence-electron chi connectivity index (χ4n) is 3.67. The molecule has 0 aliphatic heterocycles. The van der Waals surface area contributed by atoms with Crippen LogP contribution in [0.3, 0.4) is 0 Å². The van der Waals surface area contributed by atoms with Crippen LogP contribution >= 0.6 is 0 Å². The van der Waals surface area contributed by atoms with Crippen LogP contribution in [0.15, 0.2) is 0 Å². The van der Waals surface area contributed by atoms with E-state index in [1.54, 1.807) is 0 Å². The first-order valence-corrected chi connectivity index (χ1v) is 9.02. The largest absolute Gasteiger partial charge is 0.285 e. The van der Waals surface area contributed by atoms with Gasteiger partial charge in [0.25, 0.3) is 10.1 Å². The third-order valence-electron chi connectivity index (χ3n) is 4.99. The maximum absolute atomic E-state index is 11.8. The maximum atomic E-state index is 11.8. The summed E-state index contributed by atoms with van der Waals surface area (Å²) in [7, 11) is -3.96. The molecule has 0 radical (unpaired) electrons. The van der Waals surface area contributed by atoms with Crippen molar-refractivity contribution in [3.05, 3.63) is 0 Å². The van der Waals surface area contributed by atoms with E-state index in [0.717, 1.165) is 12.8 Å². The molecule has 114 valence electrons. The minimum Gasteiger partial charge on any atom is -0.285 e. The summed E-state index contributed by atoms with van der Waals surface area (Å²) in [6.45, 7) is 12.7. The molecule has 0 aromatic heterocycles. The number of hydrogen-bond acceptors (Lipinski definition) is 2. The van der Waals surface area contributed by atoms with Crippen LogP contribution in [0.4, 0.5) is 0 Å². The summed E-state index contributed by atoms with van der Waals surface area (Å²) in [4.78, 5) is 0. The standard InChI is InChI=1S/C15H30O3S/c1-9(2)12-7-13(10(3)4)15(19(16,17)18)14(8-12)11(5)6/h9-15H,7-8H2,1-6H3,(H,16,17,18)/t12?,13-,14?,15?/m1/s1. The zero-order valence-electron chi connectivity index (χ0n) is 13.1. The van der Waals surface area contributed by atoms with E-state index in [4.69, 9.17) is 0 Å². The summed E-state index contributed by atoms with van der Waals surface area (Å²) in [5.74, 6) is 1.86. The summed E-state index contributed by atoms with van der Waals surface area (Å²) < 4.78 is 33.4. The van der Waals surface area contributed by atoms with Gasteiger partial charge in [0.2, 0.25) is 0 Å². The first kappa shape index (κ1) is 17.0. The molecule has 0 saturated heterocycles. The van der Waals surface area contributed by atoms with Gasteiger partial charge in [-0.2, -0.15) is 8.42 Å². The van der Waals surface area contributed by atoms with Crippen LogP contribution in [0.1, 0.15) is 54.4 Å². The van der Waals surface area contributed by atoms with Crippen molar-refractivity contribution < 1.29 is 13.0 Å². The molecule has 0 bridgehead atoms. The molecule has 3 nitrogen and oxygen atoms in total. The van der Waals surface area contributed by atoms with Gasteiger partial charge in [-0.25, -0.2) is 0 Å². The highest BCUT2D eigenvalue weighted by atomic mass is 32.2. The monoisotopic (exact) mass is 290 g/mol. The smallest absolute Gasteiger partial charge is 0.268 e. The Balaban J connectivity index is 3.15. The SMILES string of the molecule is CC(C)C1CC(C(C)C)C(S(=O)(=O)O)[C@@H](C(C)C)C1. The highest BCUT2D eigenvalue weighted by Gasteiger charge is 2.46. The van der Waals surface area contributed by atoms with Gasteiger partial charge in [0.15, 0.2) is 0 Å². The quantitative estimate of drug-likeness (QED) is 0.800. The number of hydrogen-bond donors (Lipinski definition) is 1. The minimum atomic E-state index is -3.96. The predicted molar refractivity (Wildman–Crippen MR) is 79.6 cm³/mol. The van der Waals surface area contributed by atoms with Crippen LogP contribution < -0.4 is 0 Å². The lowest BCUT2D eigenvalue weighted by Gasteiger charge is -2.45. The van der Waals surface area contributed by atoms with Crippen molar-refractivity contribution in [3.8, 4) is 0 Å². The Hall–Kier alpha value is -0.0900. The summed E-state index contributed by atoms with van der Waals surface area (Å²) in [5, 5.41) is -0.581. The Bertz CT molecular complexity index is 366. The van der Waals surface area contributed by atoms with Gasteiger partial charge in [-0.05, 0) is 48.3 Å². The lowest BCUT2D eigenvalue weighted by atomic mass is 9.65. The second-order valence-corrected chi connectivity index (χ2v) is 8.85. The van der Waals surface area contributed by atoms with Crippen LogP contribution in [-0.4, -0.2) is 18.2 Å². The van der Waals surface area contributed by atoms with E-state index in [-0.39, 0.29) is 23.7 Å². The lowest BCUT2D eigenvalue weighted by Crippen LogP contribution is -2.47. The second kappa shape index (κ2) is 6.13. The molecular weight excluding hydrogens is 260 g/mol. The normalized spacial score (nSPS) is 33.4. The Morgan fingerprint density at radius 3 is 1.42 bits per heavy atom. The molecule has 1 N–H and O–H groups in total. The van der Waals surface area contributed by atoms with E-state index < -0.39 is 15.4 Å².